The van der Waals surface area contributed by atoms with E-state index in [1.54, 1.807) is 7.05 Å². The van der Waals surface area contributed by atoms with Gasteiger partial charge in [0.15, 0.2) is 0 Å². The molecule has 6 nitrogen and oxygen atoms in total. The lowest BCUT2D eigenvalue weighted by Gasteiger charge is -1.87. The number of ketones is 2. The van der Waals surface area contributed by atoms with Crippen LogP contribution in [0.3, 0.4) is 0 Å². The van der Waals surface area contributed by atoms with Crippen molar-refractivity contribution in [3.63, 3.8) is 0 Å². The van der Waals surface area contributed by atoms with Crippen LogP contribution in [0.1, 0.15) is 31.7 Å². The standard InChI is InChI=1S/C6H10N2.C5H8O2.CH6N2/c1-5-4-6(2)8(3)7-5;1-4(6)3-5(2)7;1-3-2/h4H,1-3H3;3H2,1-2H3;3H,2H2,1H3. The summed E-state index contributed by atoms with van der Waals surface area (Å²) in [6.07, 6.45) is 0.0833. The molecule has 0 fully saturated rings. The molecule has 1 rings (SSSR count). The van der Waals surface area contributed by atoms with E-state index in [4.69, 9.17) is 0 Å². The van der Waals surface area contributed by atoms with Crippen LogP contribution < -0.4 is 11.3 Å². The fourth-order valence-corrected chi connectivity index (χ4v) is 1.09. The average Bonchev–Trinajstić information content (AvgIpc) is 2.43. The Morgan fingerprint density at radius 3 is 1.78 bits per heavy atom. The van der Waals surface area contributed by atoms with E-state index in [2.05, 4.69) is 22.4 Å². The maximum atomic E-state index is 10.0. The number of aryl methyl sites for hydroxylation is 3. The summed E-state index contributed by atoms with van der Waals surface area (Å²) in [6, 6.07) is 2.06. The zero-order chi connectivity index (χ0) is 14.7. The quantitative estimate of drug-likeness (QED) is 0.461. The lowest BCUT2D eigenvalue weighted by molar-refractivity contribution is -0.124. The van der Waals surface area contributed by atoms with Crippen molar-refractivity contribution >= 4 is 11.6 Å². The smallest absolute Gasteiger partial charge is 0.137 e. The molecule has 0 aliphatic heterocycles. The number of hydrazine groups is 1. The van der Waals surface area contributed by atoms with Crippen LogP contribution >= 0.6 is 0 Å². The second-order valence-corrected chi connectivity index (χ2v) is 3.92. The van der Waals surface area contributed by atoms with E-state index in [-0.39, 0.29) is 18.0 Å². The first-order valence-electron chi connectivity index (χ1n) is 5.58. The fourth-order valence-electron chi connectivity index (χ4n) is 1.09. The molecule has 6 heteroatoms. The molecule has 1 aromatic rings. The van der Waals surface area contributed by atoms with Gasteiger partial charge in [-0.25, -0.2) is 0 Å². The van der Waals surface area contributed by atoms with Crippen LogP contribution in [-0.2, 0) is 16.6 Å². The van der Waals surface area contributed by atoms with Crippen molar-refractivity contribution in [2.75, 3.05) is 7.05 Å². The van der Waals surface area contributed by atoms with Crippen molar-refractivity contribution in [2.24, 2.45) is 12.9 Å². The number of carbonyl (C=O) groups is 2. The highest BCUT2D eigenvalue weighted by atomic mass is 16.1. The number of aromatic nitrogens is 2. The van der Waals surface area contributed by atoms with Gasteiger partial charge in [-0.05, 0) is 40.8 Å². The Kier molecular flexibility index (Phi) is 11.1. The monoisotopic (exact) mass is 256 g/mol. The number of hydrogen-bond donors (Lipinski definition) is 2. The SMILES string of the molecule is CC(=O)CC(C)=O.CNN.Cc1cc(C)n(C)n1. The minimum absolute atomic E-state index is 0.0625. The summed E-state index contributed by atoms with van der Waals surface area (Å²) >= 11 is 0. The maximum absolute atomic E-state index is 10.0. The van der Waals surface area contributed by atoms with Crippen molar-refractivity contribution in [3.8, 4) is 0 Å². The minimum atomic E-state index is -0.0625. The van der Waals surface area contributed by atoms with Gasteiger partial charge in [-0.2, -0.15) is 5.10 Å². The molecule has 0 unspecified atom stereocenters. The van der Waals surface area contributed by atoms with E-state index in [0.717, 1.165) is 5.69 Å². The van der Waals surface area contributed by atoms with Crippen molar-refractivity contribution < 1.29 is 9.59 Å². The summed E-state index contributed by atoms with van der Waals surface area (Å²) in [7, 11) is 3.60. The van der Waals surface area contributed by atoms with Crippen LogP contribution in [-0.4, -0.2) is 28.4 Å². The Bertz CT molecular complexity index is 341. The molecule has 0 aliphatic rings. The molecule has 0 radical (unpaired) electrons. The molecule has 0 aliphatic carbocycles. The van der Waals surface area contributed by atoms with E-state index in [1.807, 2.05) is 25.6 Å². The molecule has 104 valence electrons. The van der Waals surface area contributed by atoms with Gasteiger partial charge in [-0.15, -0.1) is 0 Å². The Hall–Kier alpha value is -1.53. The molecular formula is C12H24N4O2. The summed E-state index contributed by atoms with van der Waals surface area (Å²) in [6.45, 7) is 6.84. The zero-order valence-corrected chi connectivity index (χ0v) is 12.1. The molecule has 0 atom stereocenters. The summed E-state index contributed by atoms with van der Waals surface area (Å²) < 4.78 is 1.87. The van der Waals surface area contributed by atoms with Gasteiger partial charge >= 0.3 is 0 Å². The zero-order valence-electron chi connectivity index (χ0n) is 12.1. The summed E-state index contributed by atoms with van der Waals surface area (Å²) in [5, 5.41) is 4.13. The van der Waals surface area contributed by atoms with Crippen LogP contribution in [0.4, 0.5) is 0 Å². The van der Waals surface area contributed by atoms with Crippen molar-refractivity contribution in [2.45, 2.75) is 34.1 Å². The summed E-state index contributed by atoms with van der Waals surface area (Å²) in [5.74, 6) is 4.47. The average molecular weight is 256 g/mol. The first kappa shape index (κ1) is 18.8. The molecule has 18 heavy (non-hydrogen) atoms. The van der Waals surface area contributed by atoms with E-state index in [0.29, 0.717) is 0 Å². The van der Waals surface area contributed by atoms with E-state index < -0.39 is 0 Å². The van der Waals surface area contributed by atoms with Gasteiger partial charge < -0.3 is 0 Å². The normalized spacial score (nSPS) is 8.61. The molecule has 0 spiro atoms. The Morgan fingerprint density at radius 1 is 1.33 bits per heavy atom. The lowest BCUT2D eigenvalue weighted by atomic mass is 10.2. The topological polar surface area (TPSA) is 90.0 Å². The number of rotatable bonds is 2. The highest BCUT2D eigenvalue weighted by Crippen LogP contribution is 1.97. The minimum Gasteiger partial charge on any atom is -0.300 e. The van der Waals surface area contributed by atoms with Gasteiger partial charge in [0.05, 0.1) is 12.1 Å². The van der Waals surface area contributed by atoms with Crippen molar-refractivity contribution in [3.05, 3.63) is 17.5 Å². The van der Waals surface area contributed by atoms with Gasteiger partial charge in [-0.1, -0.05) is 0 Å². The Morgan fingerprint density at radius 2 is 1.72 bits per heavy atom. The van der Waals surface area contributed by atoms with Gasteiger partial charge in [0.1, 0.15) is 11.6 Å². The van der Waals surface area contributed by atoms with Crippen molar-refractivity contribution in [1.82, 2.24) is 15.2 Å². The molecule has 0 saturated heterocycles. The van der Waals surface area contributed by atoms with Gasteiger partial charge in [0.2, 0.25) is 0 Å². The number of Topliss-reactive ketones (excluding diaryl/α,β-unsaturated/α-hetero) is 2. The lowest BCUT2D eigenvalue weighted by Crippen LogP contribution is -2.13. The molecular weight excluding hydrogens is 232 g/mol. The molecule has 1 aromatic heterocycles. The van der Waals surface area contributed by atoms with E-state index in [1.165, 1.54) is 19.5 Å². The predicted octanol–water partition coefficient (Wildman–Crippen LogP) is 0.671. The number of carbonyl (C=O) groups excluding carboxylic acids is 2. The van der Waals surface area contributed by atoms with Gasteiger partial charge in [0.25, 0.3) is 0 Å². The summed E-state index contributed by atoms with van der Waals surface area (Å²) in [4.78, 5) is 20.1. The molecule has 0 amide bonds. The second kappa shape index (κ2) is 10.6. The van der Waals surface area contributed by atoms with E-state index in [9.17, 15) is 9.59 Å². The third kappa shape index (κ3) is 12.5. The predicted molar refractivity (Wildman–Crippen MR) is 71.9 cm³/mol. The highest BCUT2D eigenvalue weighted by molar-refractivity contribution is 5.96. The fraction of sp³-hybridized carbons (Fsp3) is 0.583. The third-order valence-electron chi connectivity index (χ3n) is 1.73. The molecule has 3 N–H and O–H groups in total. The second-order valence-electron chi connectivity index (χ2n) is 3.92. The van der Waals surface area contributed by atoms with Crippen molar-refractivity contribution in [1.29, 1.82) is 0 Å². The number of nitrogens with one attached hydrogen (secondary N) is 1. The molecule has 0 aromatic carbocycles. The van der Waals surface area contributed by atoms with Crippen LogP contribution in [0.25, 0.3) is 0 Å². The van der Waals surface area contributed by atoms with Crippen LogP contribution in [0.5, 0.6) is 0 Å². The Balaban J connectivity index is 0. The molecule has 0 bridgehead atoms. The highest BCUT2D eigenvalue weighted by Gasteiger charge is 1.94. The first-order chi connectivity index (χ1) is 8.24. The first-order valence-corrected chi connectivity index (χ1v) is 5.58. The molecule has 0 saturated carbocycles. The molecule has 1 heterocycles. The van der Waals surface area contributed by atoms with Gasteiger partial charge in [0, 0.05) is 12.7 Å². The largest absolute Gasteiger partial charge is 0.300 e. The van der Waals surface area contributed by atoms with Gasteiger partial charge in [-0.3, -0.25) is 25.5 Å². The number of nitrogens with zero attached hydrogens (tertiary/aromatic N) is 2. The van der Waals surface area contributed by atoms with E-state index >= 15 is 0 Å². The maximum Gasteiger partial charge on any atom is 0.137 e. The van der Waals surface area contributed by atoms with Crippen LogP contribution in [0.15, 0.2) is 6.07 Å². The number of hydrogen-bond acceptors (Lipinski definition) is 5. The third-order valence-corrected chi connectivity index (χ3v) is 1.73. The summed E-state index contributed by atoms with van der Waals surface area (Å²) in [5.41, 5.74) is 4.55. The van der Waals surface area contributed by atoms with Crippen LogP contribution in [0, 0.1) is 13.8 Å². The Labute approximate surface area is 109 Å². The van der Waals surface area contributed by atoms with Crippen LogP contribution in [0.2, 0.25) is 0 Å². The number of nitrogens with two attached hydrogens (primary N) is 1.